The molecule has 1 aromatic rings. The Morgan fingerprint density at radius 1 is 1.39 bits per heavy atom. The molecule has 0 radical (unpaired) electrons. The van der Waals surface area contributed by atoms with Gasteiger partial charge in [0, 0.05) is 0 Å². The molecule has 2 unspecified atom stereocenters. The second kappa shape index (κ2) is 5.95. The van der Waals surface area contributed by atoms with E-state index in [1.807, 2.05) is 6.92 Å². The maximum Gasteiger partial charge on any atom is 0.271 e. The first kappa shape index (κ1) is 14.6. The van der Waals surface area contributed by atoms with Gasteiger partial charge in [0.15, 0.2) is 5.69 Å². The average molecular weight is 254 g/mol. The van der Waals surface area contributed by atoms with Crippen LogP contribution in [0.3, 0.4) is 0 Å². The van der Waals surface area contributed by atoms with E-state index in [4.69, 9.17) is 5.73 Å². The normalized spacial score (nSPS) is 14.8. The highest BCUT2D eigenvalue weighted by Crippen LogP contribution is 2.18. The number of aliphatic hydroxyl groups excluding tert-OH is 1. The molecule has 0 saturated heterocycles. The molecule has 1 aromatic heterocycles. The van der Waals surface area contributed by atoms with E-state index in [-0.39, 0.29) is 11.7 Å². The van der Waals surface area contributed by atoms with Crippen molar-refractivity contribution in [1.82, 2.24) is 15.0 Å². The molecule has 0 saturated carbocycles. The number of primary amides is 1. The lowest BCUT2D eigenvalue weighted by molar-refractivity contribution is 0.0993. The Labute approximate surface area is 107 Å². The van der Waals surface area contributed by atoms with Crippen molar-refractivity contribution in [2.75, 3.05) is 0 Å². The van der Waals surface area contributed by atoms with Gasteiger partial charge in [0.25, 0.3) is 5.91 Å². The topological polar surface area (TPSA) is 94.0 Å². The lowest BCUT2D eigenvalue weighted by Crippen LogP contribution is -2.23. The molecule has 2 atom stereocenters. The van der Waals surface area contributed by atoms with Crippen LogP contribution in [0.1, 0.15) is 56.3 Å². The Kier molecular flexibility index (Phi) is 4.84. The molecule has 1 rings (SSSR count). The fourth-order valence-electron chi connectivity index (χ4n) is 1.69. The van der Waals surface area contributed by atoms with Gasteiger partial charge >= 0.3 is 0 Å². The van der Waals surface area contributed by atoms with Crippen molar-refractivity contribution in [3.8, 4) is 0 Å². The highest BCUT2D eigenvalue weighted by atomic mass is 16.3. The maximum absolute atomic E-state index is 11.3. The minimum atomic E-state index is -0.571. The standard InChI is InChI=1S/C12H22N4O2/c1-7(2)5-6-10-11(12(13)18)14-15-16(10)8(3)9(4)17/h7-9,17H,5-6H2,1-4H3,(H2,13,18). The molecule has 0 aliphatic heterocycles. The first-order valence-electron chi connectivity index (χ1n) is 6.26. The van der Waals surface area contributed by atoms with E-state index in [0.29, 0.717) is 18.0 Å². The number of carbonyl (C=O) groups is 1. The summed E-state index contributed by atoms with van der Waals surface area (Å²) < 4.78 is 1.60. The van der Waals surface area contributed by atoms with Crippen molar-refractivity contribution in [3.05, 3.63) is 11.4 Å². The predicted molar refractivity (Wildman–Crippen MR) is 68.1 cm³/mol. The molecule has 3 N–H and O–H groups in total. The molecule has 6 heteroatoms. The summed E-state index contributed by atoms with van der Waals surface area (Å²) in [4.78, 5) is 11.3. The van der Waals surface area contributed by atoms with Crippen molar-refractivity contribution >= 4 is 5.91 Å². The summed E-state index contributed by atoms with van der Waals surface area (Å²) in [5.74, 6) is -0.0614. The van der Waals surface area contributed by atoms with Gasteiger partial charge in [0.05, 0.1) is 17.8 Å². The minimum Gasteiger partial charge on any atom is -0.391 e. The lowest BCUT2D eigenvalue weighted by Gasteiger charge is -2.18. The van der Waals surface area contributed by atoms with Gasteiger partial charge in [-0.2, -0.15) is 0 Å². The van der Waals surface area contributed by atoms with Crippen LogP contribution in [0.25, 0.3) is 0 Å². The van der Waals surface area contributed by atoms with E-state index in [1.54, 1.807) is 11.6 Å². The molecule has 0 aromatic carbocycles. The summed E-state index contributed by atoms with van der Waals surface area (Å²) in [7, 11) is 0. The second-order valence-corrected chi connectivity index (χ2v) is 5.11. The number of aliphatic hydroxyl groups is 1. The molecular formula is C12H22N4O2. The number of nitrogens with zero attached hydrogens (tertiary/aromatic N) is 3. The number of hydrogen-bond donors (Lipinski definition) is 2. The Morgan fingerprint density at radius 2 is 2.00 bits per heavy atom. The minimum absolute atomic E-state index is 0.211. The number of carbonyl (C=O) groups excluding carboxylic acids is 1. The second-order valence-electron chi connectivity index (χ2n) is 5.11. The van der Waals surface area contributed by atoms with Crippen LogP contribution >= 0.6 is 0 Å². The maximum atomic E-state index is 11.3. The molecule has 0 spiro atoms. The molecule has 0 bridgehead atoms. The van der Waals surface area contributed by atoms with E-state index < -0.39 is 12.0 Å². The van der Waals surface area contributed by atoms with Gasteiger partial charge in [0.1, 0.15) is 0 Å². The molecule has 0 aliphatic carbocycles. The summed E-state index contributed by atoms with van der Waals surface area (Å²) >= 11 is 0. The highest BCUT2D eigenvalue weighted by Gasteiger charge is 2.22. The van der Waals surface area contributed by atoms with Crippen LogP contribution in [0.4, 0.5) is 0 Å². The molecule has 0 fully saturated rings. The molecule has 102 valence electrons. The summed E-state index contributed by atoms with van der Waals surface area (Å²) in [6.07, 6.45) is 1.03. The third-order valence-electron chi connectivity index (χ3n) is 3.07. The molecule has 6 nitrogen and oxygen atoms in total. The predicted octanol–water partition coefficient (Wildman–Crippen LogP) is 0.907. The van der Waals surface area contributed by atoms with Gasteiger partial charge in [-0.3, -0.25) is 4.79 Å². The van der Waals surface area contributed by atoms with Crippen molar-refractivity contribution in [1.29, 1.82) is 0 Å². The summed E-state index contributed by atoms with van der Waals surface area (Å²) in [6.45, 7) is 7.73. The van der Waals surface area contributed by atoms with Gasteiger partial charge in [-0.1, -0.05) is 19.1 Å². The van der Waals surface area contributed by atoms with E-state index >= 15 is 0 Å². The van der Waals surface area contributed by atoms with Crippen LogP contribution in [0.15, 0.2) is 0 Å². The highest BCUT2D eigenvalue weighted by molar-refractivity contribution is 5.91. The zero-order valence-corrected chi connectivity index (χ0v) is 11.4. The number of nitrogens with two attached hydrogens (primary N) is 1. The van der Waals surface area contributed by atoms with Gasteiger partial charge in [-0.15, -0.1) is 5.10 Å². The molecule has 1 amide bonds. The zero-order valence-electron chi connectivity index (χ0n) is 11.4. The van der Waals surface area contributed by atoms with Gasteiger partial charge in [0.2, 0.25) is 0 Å². The monoisotopic (exact) mass is 254 g/mol. The smallest absolute Gasteiger partial charge is 0.271 e. The average Bonchev–Trinajstić information content (AvgIpc) is 2.68. The summed E-state index contributed by atoms with van der Waals surface area (Å²) in [5, 5.41) is 17.4. The molecule has 0 aliphatic rings. The van der Waals surface area contributed by atoms with Crippen molar-refractivity contribution in [2.24, 2.45) is 11.7 Å². The first-order valence-corrected chi connectivity index (χ1v) is 6.26. The van der Waals surface area contributed by atoms with E-state index in [2.05, 4.69) is 24.2 Å². The fraction of sp³-hybridized carbons (Fsp3) is 0.750. The molecule has 1 heterocycles. The van der Waals surface area contributed by atoms with Crippen LogP contribution < -0.4 is 5.73 Å². The van der Waals surface area contributed by atoms with Gasteiger partial charge in [-0.25, -0.2) is 4.68 Å². The number of amides is 1. The Balaban J connectivity index is 3.06. The number of rotatable bonds is 6. The van der Waals surface area contributed by atoms with Crippen LogP contribution in [0, 0.1) is 5.92 Å². The molecule has 18 heavy (non-hydrogen) atoms. The van der Waals surface area contributed by atoms with E-state index in [0.717, 1.165) is 6.42 Å². The third-order valence-corrected chi connectivity index (χ3v) is 3.07. The largest absolute Gasteiger partial charge is 0.391 e. The van der Waals surface area contributed by atoms with Crippen molar-refractivity contribution in [3.63, 3.8) is 0 Å². The first-order chi connectivity index (χ1) is 8.34. The van der Waals surface area contributed by atoms with Crippen molar-refractivity contribution < 1.29 is 9.90 Å². The van der Waals surface area contributed by atoms with Gasteiger partial charge < -0.3 is 10.8 Å². The Bertz CT molecular complexity index is 412. The SMILES string of the molecule is CC(C)CCc1c(C(N)=O)nnn1C(C)C(C)O. The lowest BCUT2D eigenvalue weighted by atomic mass is 10.0. The van der Waals surface area contributed by atoms with Crippen LogP contribution in [0.5, 0.6) is 0 Å². The van der Waals surface area contributed by atoms with Crippen molar-refractivity contribution in [2.45, 2.75) is 52.7 Å². The summed E-state index contributed by atoms with van der Waals surface area (Å²) in [6, 6.07) is -0.229. The van der Waals surface area contributed by atoms with E-state index in [1.165, 1.54) is 0 Å². The number of hydrogen-bond acceptors (Lipinski definition) is 4. The quantitative estimate of drug-likeness (QED) is 0.788. The van der Waals surface area contributed by atoms with Crippen LogP contribution in [-0.4, -0.2) is 32.1 Å². The van der Waals surface area contributed by atoms with Gasteiger partial charge in [-0.05, 0) is 32.6 Å². The zero-order chi connectivity index (χ0) is 13.9. The van der Waals surface area contributed by atoms with Crippen LogP contribution in [0.2, 0.25) is 0 Å². The van der Waals surface area contributed by atoms with Crippen LogP contribution in [-0.2, 0) is 6.42 Å². The third kappa shape index (κ3) is 3.29. The fourth-order valence-corrected chi connectivity index (χ4v) is 1.69. The number of aromatic nitrogens is 3. The summed E-state index contributed by atoms with van der Waals surface area (Å²) in [5.41, 5.74) is 6.22. The molecular weight excluding hydrogens is 232 g/mol. The Hall–Kier alpha value is -1.43. The Morgan fingerprint density at radius 3 is 2.44 bits per heavy atom. The van der Waals surface area contributed by atoms with E-state index in [9.17, 15) is 9.90 Å².